The molecule has 0 spiro atoms. The predicted octanol–water partition coefficient (Wildman–Crippen LogP) is 3.21. The molecule has 2 aromatic carbocycles. The number of hydrogen-bond donors (Lipinski definition) is 2. The third kappa shape index (κ3) is 3.49. The molecule has 0 radical (unpaired) electrons. The van der Waals surface area contributed by atoms with Gasteiger partial charge >= 0.3 is 0 Å². The van der Waals surface area contributed by atoms with Crippen LogP contribution in [0.3, 0.4) is 0 Å². The number of para-hydroxylation sites is 1. The fraction of sp³-hybridized carbons (Fsp3) is 0.150. The highest BCUT2D eigenvalue weighted by Gasteiger charge is 2.10. The molecule has 0 unspecified atom stereocenters. The second kappa shape index (κ2) is 7.23. The van der Waals surface area contributed by atoms with Gasteiger partial charge in [0.05, 0.1) is 6.21 Å². The molecule has 0 aliphatic carbocycles. The smallest absolute Gasteiger partial charge is 0.271 e. The van der Waals surface area contributed by atoms with Crippen LogP contribution in [-0.4, -0.2) is 22.6 Å². The highest BCUT2D eigenvalue weighted by Crippen LogP contribution is 2.23. The molecular formula is C20H20N4O2. The topological polar surface area (TPSA) is 75.5 Å². The van der Waals surface area contributed by atoms with Crippen LogP contribution in [0.25, 0.3) is 10.9 Å². The average molecular weight is 348 g/mol. The minimum absolute atomic E-state index is 0.155. The van der Waals surface area contributed by atoms with Gasteiger partial charge in [-0.1, -0.05) is 18.2 Å². The number of anilines is 1. The van der Waals surface area contributed by atoms with Gasteiger partial charge in [0.15, 0.2) is 0 Å². The Morgan fingerprint density at radius 1 is 1.08 bits per heavy atom. The maximum atomic E-state index is 12.2. The molecule has 2 amide bonds. The Labute approximate surface area is 151 Å². The van der Waals surface area contributed by atoms with Crippen molar-refractivity contribution in [3.8, 4) is 0 Å². The Hall–Kier alpha value is -3.41. The lowest BCUT2D eigenvalue weighted by Crippen LogP contribution is -2.17. The summed E-state index contributed by atoms with van der Waals surface area (Å²) < 4.78 is 2.10. The molecule has 2 N–H and O–H groups in total. The van der Waals surface area contributed by atoms with Gasteiger partial charge in [-0.15, -0.1) is 0 Å². The minimum Gasteiger partial charge on any atom is -0.347 e. The predicted molar refractivity (Wildman–Crippen MR) is 103 cm³/mol. The Kier molecular flexibility index (Phi) is 4.84. The first-order valence-corrected chi connectivity index (χ1v) is 8.22. The highest BCUT2D eigenvalue weighted by atomic mass is 16.2. The van der Waals surface area contributed by atoms with E-state index in [2.05, 4.69) is 26.5 Å². The van der Waals surface area contributed by atoms with E-state index in [9.17, 15) is 9.59 Å². The van der Waals surface area contributed by atoms with Crippen LogP contribution in [0, 0.1) is 6.92 Å². The van der Waals surface area contributed by atoms with E-state index in [4.69, 9.17) is 0 Å². The second-order valence-electron chi connectivity index (χ2n) is 6.03. The van der Waals surface area contributed by atoms with Crippen molar-refractivity contribution in [3.05, 3.63) is 65.4 Å². The third-order valence-corrected chi connectivity index (χ3v) is 4.28. The van der Waals surface area contributed by atoms with Crippen LogP contribution in [0.15, 0.2) is 53.6 Å². The van der Waals surface area contributed by atoms with Crippen molar-refractivity contribution in [2.45, 2.75) is 13.8 Å². The molecular weight excluding hydrogens is 328 g/mol. The monoisotopic (exact) mass is 348 g/mol. The SMILES string of the molecule is CC(=O)Nc1ccc(C(=O)N/N=C\c2c(C)n(C)c3ccccc23)cc1. The molecule has 0 saturated carbocycles. The first-order chi connectivity index (χ1) is 12.5. The van der Waals surface area contributed by atoms with E-state index in [1.807, 2.05) is 32.2 Å². The Balaban J connectivity index is 1.74. The Bertz CT molecular complexity index is 1000. The lowest BCUT2D eigenvalue weighted by Gasteiger charge is -2.03. The number of carbonyl (C=O) groups excluding carboxylic acids is 2. The number of aromatic nitrogens is 1. The Morgan fingerprint density at radius 3 is 2.46 bits per heavy atom. The molecule has 0 atom stereocenters. The minimum atomic E-state index is -0.312. The van der Waals surface area contributed by atoms with E-state index in [0.717, 1.165) is 22.2 Å². The number of hydrazone groups is 1. The molecule has 0 saturated heterocycles. The van der Waals surface area contributed by atoms with Crippen LogP contribution in [0.2, 0.25) is 0 Å². The number of hydrogen-bond acceptors (Lipinski definition) is 3. The standard InChI is InChI=1S/C20H20N4O2/c1-13-18(17-6-4-5-7-19(17)24(13)3)12-21-23-20(26)15-8-10-16(11-9-15)22-14(2)25/h4-12H,1-3H3,(H,22,25)(H,23,26)/b21-12-. The second-order valence-corrected chi connectivity index (χ2v) is 6.03. The van der Waals surface area contributed by atoms with Crippen LogP contribution in [0.5, 0.6) is 0 Å². The van der Waals surface area contributed by atoms with E-state index >= 15 is 0 Å². The van der Waals surface area contributed by atoms with E-state index < -0.39 is 0 Å². The fourth-order valence-electron chi connectivity index (χ4n) is 2.84. The van der Waals surface area contributed by atoms with Gasteiger partial charge in [0.25, 0.3) is 5.91 Å². The largest absolute Gasteiger partial charge is 0.347 e. The van der Waals surface area contributed by atoms with Gasteiger partial charge in [0.1, 0.15) is 0 Å². The molecule has 0 bridgehead atoms. The Morgan fingerprint density at radius 2 is 1.77 bits per heavy atom. The van der Waals surface area contributed by atoms with Crippen LogP contribution in [0.1, 0.15) is 28.5 Å². The highest BCUT2D eigenvalue weighted by molar-refractivity contribution is 6.02. The van der Waals surface area contributed by atoms with Crippen LogP contribution in [0.4, 0.5) is 5.69 Å². The first-order valence-electron chi connectivity index (χ1n) is 8.22. The summed E-state index contributed by atoms with van der Waals surface area (Å²) >= 11 is 0. The number of amides is 2. The summed E-state index contributed by atoms with van der Waals surface area (Å²) in [7, 11) is 2.00. The zero-order valence-electron chi connectivity index (χ0n) is 14.9. The molecule has 1 aromatic heterocycles. The van der Waals surface area contributed by atoms with Gasteiger partial charge in [-0.05, 0) is 37.3 Å². The maximum Gasteiger partial charge on any atom is 0.271 e. The number of carbonyl (C=O) groups is 2. The van der Waals surface area contributed by atoms with Crippen molar-refractivity contribution in [1.82, 2.24) is 9.99 Å². The van der Waals surface area contributed by atoms with Crippen molar-refractivity contribution in [2.75, 3.05) is 5.32 Å². The van der Waals surface area contributed by atoms with Crippen molar-refractivity contribution in [3.63, 3.8) is 0 Å². The van der Waals surface area contributed by atoms with E-state index in [1.165, 1.54) is 6.92 Å². The van der Waals surface area contributed by atoms with Gasteiger partial charge < -0.3 is 9.88 Å². The zero-order valence-corrected chi connectivity index (χ0v) is 14.9. The fourth-order valence-corrected chi connectivity index (χ4v) is 2.84. The summed E-state index contributed by atoms with van der Waals surface area (Å²) in [5.74, 6) is -0.467. The molecule has 6 nitrogen and oxygen atoms in total. The molecule has 3 rings (SSSR count). The summed E-state index contributed by atoms with van der Waals surface area (Å²) in [6.45, 7) is 3.45. The molecule has 1 heterocycles. The number of nitrogens with zero attached hydrogens (tertiary/aromatic N) is 2. The third-order valence-electron chi connectivity index (χ3n) is 4.28. The van der Waals surface area contributed by atoms with Crippen LogP contribution < -0.4 is 10.7 Å². The summed E-state index contributed by atoms with van der Waals surface area (Å²) in [5, 5.41) is 7.85. The molecule has 6 heteroatoms. The number of aryl methyl sites for hydroxylation is 1. The average Bonchev–Trinajstić information content (AvgIpc) is 2.87. The van der Waals surface area contributed by atoms with Crippen LogP contribution in [-0.2, 0) is 11.8 Å². The summed E-state index contributed by atoms with van der Waals surface area (Å²) in [6.07, 6.45) is 1.67. The zero-order chi connectivity index (χ0) is 18.7. The van der Waals surface area contributed by atoms with Gasteiger partial charge in [-0.25, -0.2) is 5.43 Å². The van der Waals surface area contributed by atoms with Crippen molar-refractivity contribution in [1.29, 1.82) is 0 Å². The number of nitrogens with one attached hydrogen (secondary N) is 2. The summed E-state index contributed by atoms with van der Waals surface area (Å²) in [4.78, 5) is 23.2. The first kappa shape index (κ1) is 17.4. The molecule has 3 aromatic rings. The van der Waals surface area contributed by atoms with E-state index in [0.29, 0.717) is 11.3 Å². The molecule has 132 valence electrons. The normalized spacial score (nSPS) is 11.0. The summed E-state index contributed by atoms with van der Waals surface area (Å²) in [6, 6.07) is 14.7. The summed E-state index contributed by atoms with van der Waals surface area (Å²) in [5.41, 5.74) is 6.82. The molecule has 0 aliphatic rings. The van der Waals surface area contributed by atoms with E-state index in [-0.39, 0.29) is 11.8 Å². The lowest BCUT2D eigenvalue weighted by atomic mass is 10.1. The lowest BCUT2D eigenvalue weighted by molar-refractivity contribution is -0.114. The van der Waals surface area contributed by atoms with E-state index in [1.54, 1.807) is 30.5 Å². The van der Waals surface area contributed by atoms with Crippen molar-refractivity contribution < 1.29 is 9.59 Å². The van der Waals surface area contributed by atoms with Crippen LogP contribution >= 0.6 is 0 Å². The van der Waals surface area contributed by atoms with Gasteiger partial charge in [-0.2, -0.15) is 5.10 Å². The van der Waals surface area contributed by atoms with Crippen molar-refractivity contribution >= 4 is 34.6 Å². The van der Waals surface area contributed by atoms with Gasteiger partial charge in [-0.3, -0.25) is 9.59 Å². The number of rotatable bonds is 4. The number of benzene rings is 2. The van der Waals surface area contributed by atoms with Gasteiger partial charge in [0, 0.05) is 47.4 Å². The van der Waals surface area contributed by atoms with Crippen molar-refractivity contribution in [2.24, 2.45) is 12.1 Å². The molecule has 0 fully saturated rings. The van der Waals surface area contributed by atoms with Gasteiger partial charge in [0.2, 0.25) is 5.91 Å². The maximum absolute atomic E-state index is 12.2. The quantitative estimate of drug-likeness (QED) is 0.561. The molecule has 26 heavy (non-hydrogen) atoms. The number of fused-ring (bicyclic) bond motifs is 1. The molecule has 0 aliphatic heterocycles.